The third-order valence-electron chi connectivity index (χ3n) is 3.26. The van der Waals surface area contributed by atoms with Crippen molar-refractivity contribution in [2.45, 2.75) is 19.8 Å². The molecule has 1 aromatic rings. The van der Waals surface area contributed by atoms with Crippen LogP contribution >= 0.6 is 15.9 Å². The molecule has 1 fully saturated rings. The van der Waals surface area contributed by atoms with E-state index in [-0.39, 0.29) is 29.8 Å². The molecular formula is C13H16BrNO3S. The molecule has 1 aliphatic heterocycles. The summed E-state index contributed by atoms with van der Waals surface area (Å²) in [5.74, 6) is 0.177. The Morgan fingerprint density at radius 3 is 2.79 bits per heavy atom. The Balaban J connectivity index is 1.93. The van der Waals surface area contributed by atoms with E-state index in [4.69, 9.17) is 0 Å². The van der Waals surface area contributed by atoms with Gasteiger partial charge in [0.05, 0.1) is 11.5 Å². The number of aryl methyl sites for hydroxylation is 1. The largest absolute Gasteiger partial charge is 0.326 e. The highest BCUT2D eigenvalue weighted by Crippen LogP contribution is 2.24. The van der Waals surface area contributed by atoms with Crippen molar-refractivity contribution >= 4 is 37.4 Å². The molecule has 2 rings (SSSR count). The standard InChI is InChI=1S/C13H16BrNO3S/c1-9-2-3-11(7-12(9)14)15-13(16)6-10-4-5-19(17,18)8-10/h2-3,7,10H,4-6,8H2,1H3,(H,15,16). The Morgan fingerprint density at radius 2 is 2.21 bits per heavy atom. The molecule has 0 saturated carbocycles. The highest BCUT2D eigenvalue weighted by Gasteiger charge is 2.29. The molecule has 19 heavy (non-hydrogen) atoms. The molecule has 0 bridgehead atoms. The van der Waals surface area contributed by atoms with Crippen LogP contribution in [0.25, 0.3) is 0 Å². The molecule has 0 aliphatic carbocycles. The Morgan fingerprint density at radius 1 is 1.47 bits per heavy atom. The lowest BCUT2D eigenvalue weighted by atomic mass is 10.0. The monoisotopic (exact) mass is 345 g/mol. The van der Waals surface area contributed by atoms with Gasteiger partial charge in [-0.15, -0.1) is 0 Å². The fourth-order valence-electron chi connectivity index (χ4n) is 2.18. The molecule has 0 spiro atoms. The first kappa shape index (κ1) is 14.5. The van der Waals surface area contributed by atoms with Crippen molar-refractivity contribution in [1.29, 1.82) is 0 Å². The summed E-state index contributed by atoms with van der Waals surface area (Å²) in [5, 5.41) is 2.80. The molecule has 0 radical (unpaired) electrons. The smallest absolute Gasteiger partial charge is 0.224 e. The number of amides is 1. The summed E-state index contributed by atoms with van der Waals surface area (Å²) in [7, 11) is -2.91. The number of anilines is 1. The molecule has 4 nitrogen and oxygen atoms in total. The van der Waals surface area contributed by atoms with Crippen LogP contribution in [0.3, 0.4) is 0 Å². The second-order valence-electron chi connectivity index (χ2n) is 4.99. The zero-order valence-corrected chi connectivity index (χ0v) is 13.1. The minimum absolute atomic E-state index is 0.0427. The zero-order valence-electron chi connectivity index (χ0n) is 10.6. The van der Waals surface area contributed by atoms with Gasteiger partial charge in [0.2, 0.25) is 5.91 Å². The van der Waals surface area contributed by atoms with Crippen LogP contribution in [0.2, 0.25) is 0 Å². The topological polar surface area (TPSA) is 63.2 Å². The van der Waals surface area contributed by atoms with E-state index in [1.807, 2.05) is 25.1 Å². The molecule has 6 heteroatoms. The van der Waals surface area contributed by atoms with Crippen molar-refractivity contribution in [1.82, 2.24) is 0 Å². The first-order chi connectivity index (χ1) is 8.85. The number of hydrogen-bond acceptors (Lipinski definition) is 3. The van der Waals surface area contributed by atoms with E-state index >= 15 is 0 Å². The van der Waals surface area contributed by atoms with Gasteiger partial charge >= 0.3 is 0 Å². The summed E-state index contributed by atoms with van der Waals surface area (Å²) in [6, 6.07) is 5.60. The molecule has 1 aliphatic rings. The van der Waals surface area contributed by atoms with Crippen LogP contribution in [0.1, 0.15) is 18.4 Å². The third-order valence-corrected chi connectivity index (χ3v) is 5.95. The van der Waals surface area contributed by atoms with E-state index in [9.17, 15) is 13.2 Å². The van der Waals surface area contributed by atoms with Crippen molar-refractivity contribution in [2.24, 2.45) is 5.92 Å². The summed E-state index contributed by atoms with van der Waals surface area (Å²) >= 11 is 3.41. The van der Waals surface area contributed by atoms with Crippen molar-refractivity contribution in [3.8, 4) is 0 Å². The summed E-state index contributed by atoms with van der Waals surface area (Å²) in [6.07, 6.45) is 0.859. The number of hydrogen-bond donors (Lipinski definition) is 1. The van der Waals surface area contributed by atoms with Gasteiger partial charge in [0.15, 0.2) is 9.84 Å². The molecule has 0 aromatic heterocycles. The number of benzene rings is 1. The van der Waals surface area contributed by atoms with E-state index in [0.717, 1.165) is 15.7 Å². The highest BCUT2D eigenvalue weighted by atomic mass is 79.9. The summed E-state index contributed by atoms with van der Waals surface area (Å²) in [4.78, 5) is 11.9. The Labute approximate surface area is 121 Å². The van der Waals surface area contributed by atoms with Crippen LogP contribution in [0.15, 0.2) is 22.7 Å². The molecule has 1 atom stereocenters. The summed E-state index contributed by atoms with van der Waals surface area (Å²) in [6.45, 7) is 1.97. The fraction of sp³-hybridized carbons (Fsp3) is 0.462. The summed E-state index contributed by atoms with van der Waals surface area (Å²) in [5.41, 5.74) is 1.82. The van der Waals surface area contributed by atoms with Gasteiger partial charge in [0.1, 0.15) is 0 Å². The van der Waals surface area contributed by atoms with Crippen molar-refractivity contribution in [3.63, 3.8) is 0 Å². The van der Waals surface area contributed by atoms with Gasteiger partial charge in [0, 0.05) is 16.6 Å². The van der Waals surface area contributed by atoms with Crippen LogP contribution in [-0.4, -0.2) is 25.8 Å². The molecule has 1 saturated heterocycles. The Hall–Kier alpha value is -0.880. The number of sulfone groups is 1. The van der Waals surface area contributed by atoms with Gasteiger partial charge in [-0.25, -0.2) is 8.42 Å². The van der Waals surface area contributed by atoms with Crippen LogP contribution in [0.5, 0.6) is 0 Å². The maximum absolute atomic E-state index is 11.9. The van der Waals surface area contributed by atoms with Crippen LogP contribution < -0.4 is 5.32 Å². The predicted molar refractivity (Wildman–Crippen MR) is 78.9 cm³/mol. The highest BCUT2D eigenvalue weighted by molar-refractivity contribution is 9.10. The number of nitrogens with one attached hydrogen (secondary N) is 1. The maximum Gasteiger partial charge on any atom is 0.224 e. The average Bonchev–Trinajstić information content (AvgIpc) is 2.63. The van der Waals surface area contributed by atoms with E-state index < -0.39 is 9.84 Å². The van der Waals surface area contributed by atoms with Crippen molar-refractivity contribution in [3.05, 3.63) is 28.2 Å². The Kier molecular flexibility index (Phi) is 4.30. The lowest BCUT2D eigenvalue weighted by Crippen LogP contribution is -2.17. The van der Waals surface area contributed by atoms with Gasteiger partial charge < -0.3 is 5.32 Å². The normalized spacial score (nSPS) is 21.3. The number of halogens is 1. The molecule has 1 aromatic carbocycles. The maximum atomic E-state index is 11.9. The van der Waals surface area contributed by atoms with E-state index in [1.54, 1.807) is 0 Å². The molecule has 1 N–H and O–H groups in total. The summed E-state index contributed by atoms with van der Waals surface area (Å²) < 4.78 is 23.6. The van der Waals surface area contributed by atoms with Crippen molar-refractivity contribution in [2.75, 3.05) is 16.8 Å². The fourth-order valence-corrected chi connectivity index (χ4v) is 4.42. The second kappa shape index (κ2) is 5.63. The van der Waals surface area contributed by atoms with E-state index in [0.29, 0.717) is 6.42 Å². The van der Waals surface area contributed by atoms with Crippen LogP contribution in [0.4, 0.5) is 5.69 Å². The Bertz CT molecular complexity index is 598. The molecular weight excluding hydrogens is 330 g/mol. The number of rotatable bonds is 3. The first-order valence-corrected chi connectivity index (χ1v) is 8.73. The van der Waals surface area contributed by atoms with Gasteiger partial charge in [-0.1, -0.05) is 22.0 Å². The van der Waals surface area contributed by atoms with E-state index in [1.165, 1.54) is 0 Å². The quantitative estimate of drug-likeness (QED) is 0.915. The lowest BCUT2D eigenvalue weighted by molar-refractivity contribution is -0.116. The molecule has 1 unspecified atom stereocenters. The van der Waals surface area contributed by atoms with Crippen LogP contribution in [0, 0.1) is 12.8 Å². The molecule has 104 valence electrons. The second-order valence-corrected chi connectivity index (χ2v) is 8.07. The average molecular weight is 346 g/mol. The lowest BCUT2D eigenvalue weighted by Gasteiger charge is -2.09. The van der Waals surface area contributed by atoms with Gasteiger partial charge in [-0.3, -0.25) is 4.79 Å². The minimum atomic E-state index is -2.91. The van der Waals surface area contributed by atoms with Gasteiger partial charge in [0.25, 0.3) is 0 Å². The van der Waals surface area contributed by atoms with E-state index in [2.05, 4.69) is 21.2 Å². The zero-order chi connectivity index (χ0) is 14.0. The first-order valence-electron chi connectivity index (χ1n) is 6.12. The molecule has 1 amide bonds. The van der Waals surface area contributed by atoms with Gasteiger partial charge in [-0.2, -0.15) is 0 Å². The number of carbonyl (C=O) groups is 1. The number of carbonyl (C=O) groups excluding carboxylic acids is 1. The SMILES string of the molecule is Cc1ccc(NC(=O)CC2CCS(=O)(=O)C2)cc1Br. The van der Waals surface area contributed by atoms with Gasteiger partial charge in [-0.05, 0) is 37.0 Å². The van der Waals surface area contributed by atoms with Crippen molar-refractivity contribution < 1.29 is 13.2 Å². The molecule has 1 heterocycles. The minimum Gasteiger partial charge on any atom is -0.326 e. The third kappa shape index (κ3) is 4.04. The van der Waals surface area contributed by atoms with Crippen LogP contribution in [-0.2, 0) is 14.6 Å². The predicted octanol–water partition coefficient (Wildman–Crippen LogP) is 2.52.